The molecule has 0 bridgehead atoms. The summed E-state index contributed by atoms with van der Waals surface area (Å²) in [4.78, 5) is 11.6. The van der Waals surface area contributed by atoms with Crippen LogP contribution in [0.25, 0.3) is 11.5 Å². The zero-order chi connectivity index (χ0) is 7.84. The highest BCUT2D eigenvalue weighted by Gasteiger charge is 2.11. The second kappa shape index (κ2) is 1.82. The molecule has 0 aliphatic carbocycles. The van der Waals surface area contributed by atoms with Crippen molar-refractivity contribution in [3.8, 4) is 11.5 Å². The van der Waals surface area contributed by atoms with Gasteiger partial charge in [0.15, 0.2) is 17.3 Å². The van der Waals surface area contributed by atoms with Crippen LogP contribution in [0.2, 0.25) is 0 Å². The number of hydrogen-bond donors (Lipinski definition) is 2. The summed E-state index contributed by atoms with van der Waals surface area (Å²) in [5.41, 5.74) is 6.10. The third-order valence-corrected chi connectivity index (χ3v) is 1.40. The minimum Gasteiger partial charge on any atom is -0.382 e. The van der Waals surface area contributed by atoms with Crippen LogP contribution in [0.15, 0.2) is 12.7 Å². The first-order valence-electron chi connectivity index (χ1n) is 2.97. The second-order valence-corrected chi connectivity index (χ2v) is 2.08. The van der Waals surface area contributed by atoms with Gasteiger partial charge >= 0.3 is 0 Å². The fourth-order valence-corrected chi connectivity index (χ4v) is 0.837. The highest BCUT2D eigenvalue weighted by Crippen LogP contribution is 2.18. The largest absolute Gasteiger partial charge is 0.382 e. The lowest BCUT2D eigenvalue weighted by Gasteiger charge is -2.04. The number of anilines is 1. The molecule has 0 saturated heterocycles. The summed E-state index contributed by atoms with van der Waals surface area (Å²) in [6.45, 7) is 0. The van der Waals surface area contributed by atoms with Crippen LogP contribution in [0.3, 0.4) is 0 Å². The average molecular weight is 150 g/mol. The fraction of sp³-hybridized carbons (Fsp3) is 0. The van der Waals surface area contributed by atoms with Crippen LogP contribution in [0.5, 0.6) is 0 Å². The van der Waals surface area contributed by atoms with Crippen molar-refractivity contribution in [2.45, 2.75) is 0 Å². The predicted molar refractivity (Wildman–Crippen MR) is 39.0 cm³/mol. The Labute approximate surface area is 62.2 Å². The zero-order valence-electron chi connectivity index (χ0n) is 5.60. The molecule has 6 nitrogen and oxygen atoms in total. The van der Waals surface area contributed by atoms with E-state index < -0.39 is 0 Å². The van der Waals surface area contributed by atoms with Gasteiger partial charge in [0.2, 0.25) is 0 Å². The van der Waals surface area contributed by atoms with Crippen molar-refractivity contribution < 1.29 is 0 Å². The van der Waals surface area contributed by atoms with E-state index in [-0.39, 0.29) is 0 Å². The van der Waals surface area contributed by atoms with Crippen molar-refractivity contribution in [3.05, 3.63) is 12.7 Å². The van der Waals surface area contributed by atoms with E-state index in [0.29, 0.717) is 17.3 Å². The Morgan fingerprint density at radius 3 is 2.91 bits per heavy atom. The van der Waals surface area contributed by atoms with Crippen molar-refractivity contribution >= 4 is 5.82 Å². The highest BCUT2D eigenvalue weighted by atomic mass is 15.3. The van der Waals surface area contributed by atoms with E-state index in [2.05, 4.69) is 15.0 Å². The van der Waals surface area contributed by atoms with Crippen LogP contribution in [0.4, 0.5) is 5.82 Å². The Balaban J connectivity index is 2.81. The van der Waals surface area contributed by atoms with E-state index in [1.54, 1.807) is 0 Å². The maximum atomic E-state index is 5.56. The third-order valence-electron chi connectivity index (χ3n) is 1.40. The number of imidazole rings is 1. The average Bonchev–Trinajstić information content (AvgIpc) is 2.45. The van der Waals surface area contributed by atoms with Crippen molar-refractivity contribution in [1.29, 1.82) is 0 Å². The van der Waals surface area contributed by atoms with E-state index in [1.165, 1.54) is 17.3 Å². The molecule has 2 rings (SSSR count). The third kappa shape index (κ3) is 0.689. The molecule has 4 N–H and O–H groups in total. The summed E-state index contributed by atoms with van der Waals surface area (Å²) < 4.78 is 1.21. The number of nitrogens with zero attached hydrogens (tertiary/aromatic N) is 4. The summed E-state index contributed by atoms with van der Waals surface area (Å²) in [7, 11) is 0. The number of nitrogens with two attached hydrogens (primary N) is 2. The van der Waals surface area contributed by atoms with Gasteiger partial charge in [0.1, 0.15) is 12.7 Å². The second-order valence-electron chi connectivity index (χ2n) is 2.08. The molecule has 0 fully saturated rings. The van der Waals surface area contributed by atoms with Gasteiger partial charge in [0.25, 0.3) is 0 Å². The molecule has 0 unspecified atom stereocenters. The van der Waals surface area contributed by atoms with Gasteiger partial charge < -0.3 is 11.6 Å². The molecule has 0 spiro atoms. The molecule has 0 aromatic rings. The molecule has 0 amide bonds. The molecule has 2 aliphatic rings. The Bertz CT molecular complexity index is 352. The minimum absolute atomic E-state index is 0.368. The van der Waals surface area contributed by atoms with Gasteiger partial charge in [-0.15, -0.1) is 0 Å². The van der Waals surface area contributed by atoms with Gasteiger partial charge in [-0.3, -0.25) is 0 Å². The monoisotopic (exact) mass is 150 g/mol. The first-order chi connectivity index (χ1) is 5.29. The summed E-state index contributed by atoms with van der Waals surface area (Å²) in [6, 6.07) is 0. The van der Waals surface area contributed by atoms with Crippen LogP contribution in [-0.2, 0) is 0 Å². The molecule has 56 valence electrons. The van der Waals surface area contributed by atoms with Gasteiger partial charge in [0, 0.05) is 0 Å². The zero-order valence-corrected chi connectivity index (χ0v) is 5.60. The van der Waals surface area contributed by atoms with Crippen molar-refractivity contribution in [1.82, 2.24) is 19.6 Å². The molecule has 0 radical (unpaired) electrons. The van der Waals surface area contributed by atoms with Crippen molar-refractivity contribution in [3.63, 3.8) is 0 Å². The van der Waals surface area contributed by atoms with Gasteiger partial charge in [0.05, 0.1) is 0 Å². The van der Waals surface area contributed by atoms with Gasteiger partial charge in [-0.1, -0.05) is 0 Å². The first kappa shape index (κ1) is 5.90. The lowest BCUT2D eigenvalue weighted by Crippen LogP contribution is -2.16. The van der Waals surface area contributed by atoms with Crippen LogP contribution < -0.4 is 11.6 Å². The summed E-state index contributed by atoms with van der Waals surface area (Å²) in [6.07, 6.45) is 2.79. The van der Waals surface area contributed by atoms with Gasteiger partial charge in [-0.25, -0.2) is 19.6 Å². The first-order valence-corrected chi connectivity index (χ1v) is 2.97. The van der Waals surface area contributed by atoms with Crippen LogP contribution in [-0.4, -0.2) is 19.6 Å². The molecular formula is C5H6N6. The molecular weight excluding hydrogens is 144 g/mol. The van der Waals surface area contributed by atoms with E-state index >= 15 is 0 Å². The number of rotatable bonds is 0. The van der Waals surface area contributed by atoms with E-state index in [9.17, 15) is 0 Å². The summed E-state index contributed by atoms with van der Waals surface area (Å²) >= 11 is 0. The lowest BCUT2D eigenvalue weighted by atomic mass is 10.4. The van der Waals surface area contributed by atoms with Gasteiger partial charge in [-0.05, 0) is 0 Å². The normalized spacial score (nSPS) is 10.5. The molecule has 0 saturated carbocycles. The molecule has 2 heterocycles. The van der Waals surface area contributed by atoms with E-state index in [1.807, 2.05) is 0 Å². The Morgan fingerprint density at radius 2 is 2.09 bits per heavy atom. The molecule has 0 atom stereocenters. The Kier molecular flexibility index (Phi) is 0.974. The van der Waals surface area contributed by atoms with Gasteiger partial charge in [-0.2, -0.15) is 0 Å². The minimum atomic E-state index is 0.368. The summed E-state index contributed by atoms with van der Waals surface area (Å²) in [5, 5.41) is 0. The smallest absolute Gasteiger partial charge is 0.185 e. The number of nitrogen functional groups attached to an aromatic ring is 2. The molecule has 0 aromatic heterocycles. The molecule has 0 aromatic carbocycles. The van der Waals surface area contributed by atoms with Crippen LogP contribution in [0.1, 0.15) is 0 Å². The van der Waals surface area contributed by atoms with E-state index in [4.69, 9.17) is 11.6 Å². The van der Waals surface area contributed by atoms with Crippen molar-refractivity contribution in [2.24, 2.45) is 0 Å². The number of aromatic nitrogens is 4. The SMILES string of the molecule is Nc1c2ncnc-2ncn1N. The molecule has 2 aliphatic heterocycles. The maximum absolute atomic E-state index is 5.56. The van der Waals surface area contributed by atoms with E-state index in [0.717, 1.165) is 0 Å². The number of hydrogen-bond acceptors (Lipinski definition) is 5. The molecule has 6 heteroatoms. The maximum Gasteiger partial charge on any atom is 0.185 e. The number of fused-ring (bicyclic) bond motifs is 1. The van der Waals surface area contributed by atoms with Crippen molar-refractivity contribution in [2.75, 3.05) is 11.6 Å². The van der Waals surface area contributed by atoms with Crippen LogP contribution in [0, 0.1) is 0 Å². The lowest BCUT2D eigenvalue weighted by molar-refractivity contribution is 0.940. The fourth-order valence-electron chi connectivity index (χ4n) is 0.837. The molecule has 11 heavy (non-hydrogen) atoms. The summed E-state index contributed by atoms with van der Waals surface area (Å²) in [5.74, 6) is 6.29. The highest BCUT2D eigenvalue weighted by molar-refractivity contribution is 5.64. The Hall–Kier alpha value is -1.85. The standard InChI is InChI=1S/C5H6N6/c6-4-3-5(9-1-8-3)10-2-11(4)7/h1-2H,6-7H2. The Morgan fingerprint density at radius 1 is 1.27 bits per heavy atom. The predicted octanol–water partition coefficient (Wildman–Crippen LogP) is -0.926. The quantitative estimate of drug-likeness (QED) is 0.473. The topological polar surface area (TPSA) is 95.6 Å². The van der Waals surface area contributed by atoms with Crippen LogP contribution >= 0.6 is 0 Å².